The number of methoxy groups -OCH3 is 1. The summed E-state index contributed by atoms with van der Waals surface area (Å²) in [5, 5.41) is 12.7. The average Bonchev–Trinajstić information content (AvgIpc) is 2.55. The van der Waals surface area contributed by atoms with Gasteiger partial charge in [-0.05, 0) is 49.9 Å². The monoisotopic (exact) mass is 309 g/mol. The van der Waals surface area contributed by atoms with Crippen molar-refractivity contribution < 1.29 is 19.4 Å². The van der Waals surface area contributed by atoms with Crippen molar-refractivity contribution in [2.75, 3.05) is 32.2 Å². The Morgan fingerprint density at radius 3 is 2.59 bits per heavy atom. The molecule has 0 radical (unpaired) electrons. The fourth-order valence-corrected chi connectivity index (χ4v) is 2.16. The van der Waals surface area contributed by atoms with Gasteiger partial charge in [0.25, 0.3) is 0 Å². The Bertz CT molecular complexity index is 419. The van der Waals surface area contributed by atoms with E-state index in [1.807, 2.05) is 31.2 Å². The van der Waals surface area contributed by atoms with Crippen LogP contribution in [0.1, 0.15) is 32.6 Å². The first kappa shape index (κ1) is 18.3. The highest BCUT2D eigenvalue weighted by Crippen LogP contribution is 2.16. The molecule has 22 heavy (non-hydrogen) atoms. The number of esters is 1. The molecule has 5 heteroatoms. The van der Waals surface area contributed by atoms with Gasteiger partial charge in [0.15, 0.2) is 0 Å². The van der Waals surface area contributed by atoms with Crippen molar-refractivity contribution in [2.24, 2.45) is 5.92 Å². The zero-order valence-corrected chi connectivity index (χ0v) is 13.5. The van der Waals surface area contributed by atoms with E-state index in [0.29, 0.717) is 19.6 Å². The molecule has 0 fully saturated rings. The molecule has 1 rings (SSSR count). The molecule has 0 aliphatic rings. The molecule has 124 valence electrons. The predicted molar refractivity (Wildman–Crippen MR) is 87.2 cm³/mol. The van der Waals surface area contributed by atoms with Crippen LogP contribution in [-0.2, 0) is 9.53 Å². The van der Waals surface area contributed by atoms with E-state index in [2.05, 4.69) is 5.32 Å². The van der Waals surface area contributed by atoms with Crippen LogP contribution >= 0.6 is 0 Å². The summed E-state index contributed by atoms with van der Waals surface area (Å²) in [6.07, 6.45) is 3.06. The van der Waals surface area contributed by atoms with Gasteiger partial charge in [-0.3, -0.25) is 4.79 Å². The van der Waals surface area contributed by atoms with Crippen LogP contribution in [0.4, 0.5) is 5.69 Å². The zero-order valence-electron chi connectivity index (χ0n) is 13.5. The topological polar surface area (TPSA) is 67.8 Å². The second-order valence-corrected chi connectivity index (χ2v) is 5.21. The molecule has 5 nitrogen and oxygen atoms in total. The fourth-order valence-electron chi connectivity index (χ4n) is 2.16. The van der Waals surface area contributed by atoms with E-state index < -0.39 is 0 Å². The lowest BCUT2D eigenvalue weighted by atomic mass is 10.0. The number of aliphatic hydroxyl groups is 1. The molecule has 2 N–H and O–H groups in total. The maximum Gasteiger partial charge on any atom is 0.305 e. The number of carbonyl (C=O) groups is 1. The van der Waals surface area contributed by atoms with E-state index in [-0.39, 0.29) is 18.5 Å². The molecule has 1 aromatic rings. The normalized spacial score (nSPS) is 11.8. The third kappa shape index (κ3) is 7.31. The average molecular weight is 309 g/mol. The van der Waals surface area contributed by atoms with E-state index in [4.69, 9.17) is 9.47 Å². The molecule has 0 aromatic heterocycles. The first-order valence-corrected chi connectivity index (χ1v) is 7.84. The standard InChI is InChI=1S/C17H27NO4/c1-3-22-17(20)7-5-4-6-14(13-19)12-18-15-8-10-16(21-2)11-9-15/h8-11,14,18-19H,3-7,12-13H2,1-2H3/t14-/m0/s1. The fraction of sp³-hybridized carbons (Fsp3) is 0.588. The zero-order chi connectivity index (χ0) is 16.2. The third-order valence-electron chi connectivity index (χ3n) is 3.49. The highest BCUT2D eigenvalue weighted by Gasteiger charge is 2.08. The van der Waals surface area contributed by atoms with Crippen LogP contribution < -0.4 is 10.1 Å². The summed E-state index contributed by atoms with van der Waals surface area (Å²) >= 11 is 0. The van der Waals surface area contributed by atoms with Gasteiger partial charge >= 0.3 is 5.97 Å². The van der Waals surface area contributed by atoms with Gasteiger partial charge in [0.2, 0.25) is 0 Å². The summed E-state index contributed by atoms with van der Waals surface area (Å²) in [6.45, 7) is 3.10. The second kappa shape index (κ2) is 10.9. The highest BCUT2D eigenvalue weighted by atomic mass is 16.5. The van der Waals surface area contributed by atoms with Crippen LogP contribution in [0.5, 0.6) is 5.75 Å². The van der Waals surface area contributed by atoms with E-state index in [9.17, 15) is 9.90 Å². The quantitative estimate of drug-likeness (QED) is 0.486. The van der Waals surface area contributed by atoms with E-state index in [0.717, 1.165) is 30.7 Å². The molecule has 1 atom stereocenters. The third-order valence-corrected chi connectivity index (χ3v) is 3.49. The molecular formula is C17H27NO4. The molecule has 0 saturated carbocycles. The molecule has 0 amide bonds. The van der Waals surface area contributed by atoms with Crippen molar-refractivity contribution in [3.63, 3.8) is 0 Å². The number of hydrogen-bond donors (Lipinski definition) is 2. The number of unbranched alkanes of at least 4 members (excludes halogenated alkanes) is 1. The van der Waals surface area contributed by atoms with Crippen LogP contribution in [-0.4, -0.2) is 37.9 Å². The summed E-state index contributed by atoms with van der Waals surface area (Å²) in [5.74, 6) is 0.868. The van der Waals surface area contributed by atoms with Crippen LogP contribution in [0.25, 0.3) is 0 Å². The molecule has 0 aliphatic carbocycles. The molecule has 0 heterocycles. The number of nitrogens with one attached hydrogen (secondary N) is 1. The maximum atomic E-state index is 11.2. The summed E-state index contributed by atoms with van der Waals surface area (Å²) in [5.41, 5.74) is 1.01. The Balaban J connectivity index is 2.22. The first-order chi connectivity index (χ1) is 10.7. The Morgan fingerprint density at radius 2 is 2.00 bits per heavy atom. The Morgan fingerprint density at radius 1 is 1.27 bits per heavy atom. The lowest BCUT2D eigenvalue weighted by Gasteiger charge is -2.16. The van der Waals surface area contributed by atoms with Crippen molar-refractivity contribution in [1.82, 2.24) is 0 Å². The van der Waals surface area contributed by atoms with Gasteiger partial charge in [0.05, 0.1) is 13.7 Å². The van der Waals surface area contributed by atoms with Gasteiger partial charge in [-0.1, -0.05) is 6.42 Å². The number of ether oxygens (including phenoxy) is 2. The first-order valence-electron chi connectivity index (χ1n) is 7.84. The van der Waals surface area contributed by atoms with Gasteiger partial charge in [0.1, 0.15) is 5.75 Å². The smallest absolute Gasteiger partial charge is 0.305 e. The van der Waals surface area contributed by atoms with Crippen molar-refractivity contribution in [1.29, 1.82) is 0 Å². The number of aliphatic hydroxyl groups excluding tert-OH is 1. The van der Waals surface area contributed by atoms with Crippen molar-refractivity contribution in [3.8, 4) is 5.75 Å². The van der Waals surface area contributed by atoms with E-state index in [1.54, 1.807) is 7.11 Å². The molecular weight excluding hydrogens is 282 g/mol. The Kier molecular flexibility index (Phi) is 9.07. The number of anilines is 1. The second-order valence-electron chi connectivity index (χ2n) is 5.21. The molecule has 1 aromatic carbocycles. The van der Waals surface area contributed by atoms with Crippen molar-refractivity contribution in [2.45, 2.75) is 32.6 Å². The molecule has 0 aliphatic heterocycles. The van der Waals surface area contributed by atoms with Crippen LogP contribution in [0, 0.1) is 5.92 Å². The minimum atomic E-state index is -0.139. The molecule has 0 bridgehead atoms. The molecule has 0 spiro atoms. The van der Waals surface area contributed by atoms with Gasteiger partial charge < -0.3 is 19.9 Å². The summed E-state index contributed by atoms with van der Waals surface area (Å²) < 4.78 is 10.0. The van der Waals surface area contributed by atoms with Gasteiger partial charge in [-0.15, -0.1) is 0 Å². The van der Waals surface area contributed by atoms with Crippen molar-refractivity contribution >= 4 is 11.7 Å². The minimum Gasteiger partial charge on any atom is -0.497 e. The molecule has 0 unspecified atom stereocenters. The Hall–Kier alpha value is -1.75. The van der Waals surface area contributed by atoms with Crippen LogP contribution in [0.15, 0.2) is 24.3 Å². The lowest BCUT2D eigenvalue weighted by Crippen LogP contribution is -2.18. The number of benzene rings is 1. The number of hydrogen-bond acceptors (Lipinski definition) is 5. The Labute approximate surface area is 132 Å². The summed E-state index contributed by atoms with van der Waals surface area (Å²) in [6, 6.07) is 7.70. The van der Waals surface area contributed by atoms with E-state index >= 15 is 0 Å². The van der Waals surface area contributed by atoms with E-state index in [1.165, 1.54) is 0 Å². The maximum absolute atomic E-state index is 11.2. The summed E-state index contributed by atoms with van der Waals surface area (Å²) in [4.78, 5) is 11.2. The lowest BCUT2D eigenvalue weighted by molar-refractivity contribution is -0.143. The minimum absolute atomic E-state index is 0.139. The molecule has 0 saturated heterocycles. The SMILES string of the molecule is CCOC(=O)CCCC[C@H](CO)CNc1ccc(OC)cc1. The largest absolute Gasteiger partial charge is 0.497 e. The van der Waals surface area contributed by atoms with Gasteiger partial charge in [-0.25, -0.2) is 0 Å². The van der Waals surface area contributed by atoms with Crippen LogP contribution in [0.2, 0.25) is 0 Å². The number of carbonyl (C=O) groups excluding carboxylic acids is 1. The van der Waals surface area contributed by atoms with Gasteiger partial charge in [-0.2, -0.15) is 0 Å². The summed E-state index contributed by atoms with van der Waals surface area (Å²) in [7, 11) is 1.64. The van der Waals surface area contributed by atoms with Crippen LogP contribution in [0.3, 0.4) is 0 Å². The predicted octanol–water partition coefficient (Wildman–Crippen LogP) is 2.84. The number of rotatable bonds is 11. The van der Waals surface area contributed by atoms with Gasteiger partial charge in [0, 0.05) is 25.3 Å². The van der Waals surface area contributed by atoms with Crippen molar-refractivity contribution in [3.05, 3.63) is 24.3 Å². The highest BCUT2D eigenvalue weighted by molar-refractivity contribution is 5.69.